The molecule has 0 spiro atoms. The first-order chi connectivity index (χ1) is 8.09. The Balaban J connectivity index is 2.31. The molecule has 2 rings (SSSR count). The minimum atomic E-state index is -0.478. The van der Waals surface area contributed by atoms with E-state index in [4.69, 9.17) is 5.73 Å². The van der Waals surface area contributed by atoms with E-state index in [9.17, 15) is 4.39 Å². The van der Waals surface area contributed by atoms with Crippen molar-refractivity contribution in [1.82, 2.24) is 4.98 Å². The second-order valence-corrected chi connectivity index (χ2v) is 5.15. The minimum absolute atomic E-state index is 0.277. The lowest BCUT2D eigenvalue weighted by Gasteiger charge is -2.09. The summed E-state index contributed by atoms with van der Waals surface area (Å²) in [7, 11) is 0. The van der Waals surface area contributed by atoms with Gasteiger partial charge in [0.25, 0.3) is 0 Å². The molecule has 1 unspecified atom stereocenters. The summed E-state index contributed by atoms with van der Waals surface area (Å²) in [6.07, 6.45) is 0. The van der Waals surface area contributed by atoms with Crippen LogP contribution in [0.4, 0.5) is 4.39 Å². The van der Waals surface area contributed by atoms with Crippen molar-refractivity contribution in [2.24, 2.45) is 5.73 Å². The lowest BCUT2D eigenvalue weighted by Crippen LogP contribution is -2.13. The van der Waals surface area contributed by atoms with Crippen LogP contribution in [0.15, 0.2) is 29.6 Å². The molecule has 0 aliphatic rings. The summed E-state index contributed by atoms with van der Waals surface area (Å²) in [4.78, 5) is 4.45. The Morgan fingerprint density at radius 3 is 2.59 bits per heavy atom. The summed E-state index contributed by atoms with van der Waals surface area (Å²) >= 11 is 1.49. The van der Waals surface area contributed by atoms with E-state index in [2.05, 4.69) is 18.8 Å². The highest BCUT2D eigenvalue weighted by molar-refractivity contribution is 7.09. The third-order valence-corrected chi connectivity index (χ3v) is 3.58. The van der Waals surface area contributed by atoms with Gasteiger partial charge in [-0.05, 0) is 12.0 Å². The van der Waals surface area contributed by atoms with Gasteiger partial charge in [-0.2, -0.15) is 0 Å². The standard InChI is InChI=1S/C13H15FN2S/c1-8(2)11-7-17-13(16-11)12(15)9-5-3-4-6-10(9)14/h3-8,12H,15H2,1-2H3. The van der Waals surface area contributed by atoms with Crippen LogP contribution < -0.4 is 5.73 Å². The van der Waals surface area contributed by atoms with Crippen molar-refractivity contribution in [1.29, 1.82) is 0 Å². The van der Waals surface area contributed by atoms with Crippen molar-refractivity contribution in [3.8, 4) is 0 Å². The van der Waals surface area contributed by atoms with Crippen LogP contribution in [0.3, 0.4) is 0 Å². The number of aromatic nitrogens is 1. The second kappa shape index (κ2) is 4.94. The molecule has 0 radical (unpaired) electrons. The zero-order valence-corrected chi connectivity index (χ0v) is 10.7. The molecule has 1 heterocycles. The zero-order valence-electron chi connectivity index (χ0n) is 9.85. The van der Waals surface area contributed by atoms with Crippen LogP contribution in [0, 0.1) is 5.82 Å². The Bertz CT molecular complexity index is 508. The third kappa shape index (κ3) is 2.53. The normalized spacial score (nSPS) is 13.0. The number of halogens is 1. The Labute approximate surface area is 104 Å². The summed E-state index contributed by atoms with van der Waals surface area (Å²) in [6.45, 7) is 4.15. The average molecular weight is 250 g/mol. The molecule has 0 aliphatic heterocycles. The maximum atomic E-state index is 13.6. The topological polar surface area (TPSA) is 38.9 Å². The number of hydrogen-bond donors (Lipinski definition) is 1. The number of thiazole rings is 1. The SMILES string of the molecule is CC(C)c1csc(C(N)c2ccccc2F)n1. The summed E-state index contributed by atoms with van der Waals surface area (Å²) < 4.78 is 13.6. The van der Waals surface area contributed by atoms with E-state index in [1.54, 1.807) is 18.2 Å². The van der Waals surface area contributed by atoms with Gasteiger partial charge in [0, 0.05) is 10.9 Å². The maximum Gasteiger partial charge on any atom is 0.128 e. The zero-order chi connectivity index (χ0) is 12.4. The molecule has 1 atom stereocenters. The first-order valence-corrected chi connectivity index (χ1v) is 6.43. The van der Waals surface area contributed by atoms with E-state index in [0.29, 0.717) is 11.5 Å². The fraction of sp³-hybridized carbons (Fsp3) is 0.308. The lowest BCUT2D eigenvalue weighted by molar-refractivity contribution is 0.598. The van der Waals surface area contributed by atoms with Gasteiger partial charge in [-0.3, -0.25) is 0 Å². The van der Waals surface area contributed by atoms with Gasteiger partial charge in [0.2, 0.25) is 0 Å². The Morgan fingerprint density at radius 2 is 2.00 bits per heavy atom. The fourth-order valence-electron chi connectivity index (χ4n) is 1.57. The van der Waals surface area contributed by atoms with Gasteiger partial charge >= 0.3 is 0 Å². The largest absolute Gasteiger partial charge is 0.318 e. The Morgan fingerprint density at radius 1 is 1.29 bits per heavy atom. The number of nitrogens with two attached hydrogens (primary N) is 1. The van der Waals surface area contributed by atoms with Crippen LogP contribution >= 0.6 is 11.3 Å². The molecule has 90 valence electrons. The van der Waals surface area contributed by atoms with E-state index in [-0.39, 0.29) is 5.82 Å². The smallest absolute Gasteiger partial charge is 0.128 e. The van der Waals surface area contributed by atoms with Gasteiger partial charge in [0.1, 0.15) is 10.8 Å². The van der Waals surface area contributed by atoms with E-state index in [1.807, 2.05) is 5.38 Å². The van der Waals surface area contributed by atoms with Gasteiger partial charge in [-0.1, -0.05) is 32.0 Å². The van der Waals surface area contributed by atoms with Crippen molar-refractivity contribution in [3.63, 3.8) is 0 Å². The quantitative estimate of drug-likeness (QED) is 0.906. The van der Waals surface area contributed by atoms with Gasteiger partial charge in [0.15, 0.2) is 0 Å². The lowest BCUT2D eigenvalue weighted by atomic mass is 10.1. The second-order valence-electron chi connectivity index (χ2n) is 4.26. The number of nitrogens with zero attached hydrogens (tertiary/aromatic N) is 1. The van der Waals surface area contributed by atoms with Crippen LogP contribution in [-0.4, -0.2) is 4.98 Å². The van der Waals surface area contributed by atoms with Gasteiger partial charge in [-0.25, -0.2) is 9.37 Å². The molecule has 2 aromatic rings. The average Bonchev–Trinajstić information content (AvgIpc) is 2.78. The summed E-state index contributed by atoms with van der Waals surface area (Å²) in [5.74, 6) is 0.0918. The molecule has 0 saturated carbocycles. The molecule has 17 heavy (non-hydrogen) atoms. The molecule has 0 saturated heterocycles. The number of benzene rings is 1. The van der Waals surface area contributed by atoms with E-state index in [0.717, 1.165) is 10.7 Å². The highest BCUT2D eigenvalue weighted by Crippen LogP contribution is 2.26. The van der Waals surface area contributed by atoms with Crippen molar-refractivity contribution in [2.45, 2.75) is 25.8 Å². The van der Waals surface area contributed by atoms with Crippen molar-refractivity contribution in [2.75, 3.05) is 0 Å². The van der Waals surface area contributed by atoms with Crippen LogP contribution in [0.5, 0.6) is 0 Å². The maximum absolute atomic E-state index is 13.6. The fourth-order valence-corrected chi connectivity index (χ4v) is 2.57. The van der Waals surface area contributed by atoms with Crippen molar-refractivity contribution in [3.05, 3.63) is 51.7 Å². The van der Waals surface area contributed by atoms with Crippen LogP contribution in [0.2, 0.25) is 0 Å². The molecule has 0 aliphatic carbocycles. The molecule has 0 bridgehead atoms. The molecule has 1 aromatic heterocycles. The van der Waals surface area contributed by atoms with Crippen molar-refractivity contribution >= 4 is 11.3 Å². The van der Waals surface area contributed by atoms with Crippen LogP contribution in [-0.2, 0) is 0 Å². The predicted molar refractivity (Wildman–Crippen MR) is 68.6 cm³/mol. The van der Waals surface area contributed by atoms with Crippen LogP contribution in [0.25, 0.3) is 0 Å². The first kappa shape index (κ1) is 12.2. The molecule has 0 fully saturated rings. The minimum Gasteiger partial charge on any atom is -0.318 e. The highest BCUT2D eigenvalue weighted by atomic mass is 32.1. The molecule has 0 amide bonds. The van der Waals surface area contributed by atoms with E-state index >= 15 is 0 Å². The third-order valence-electron chi connectivity index (χ3n) is 2.64. The van der Waals surface area contributed by atoms with Crippen molar-refractivity contribution < 1.29 is 4.39 Å². The summed E-state index contributed by atoms with van der Waals surface area (Å²) in [5.41, 5.74) is 7.55. The summed E-state index contributed by atoms with van der Waals surface area (Å²) in [6, 6.07) is 6.10. The van der Waals surface area contributed by atoms with E-state index < -0.39 is 6.04 Å². The molecule has 2 N–H and O–H groups in total. The summed E-state index contributed by atoms with van der Waals surface area (Å²) in [5, 5.41) is 2.75. The van der Waals surface area contributed by atoms with E-state index in [1.165, 1.54) is 17.4 Å². The Hall–Kier alpha value is -1.26. The molecule has 1 aromatic carbocycles. The Kier molecular flexibility index (Phi) is 3.54. The number of hydrogen-bond acceptors (Lipinski definition) is 3. The molecular formula is C13H15FN2S. The highest BCUT2D eigenvalue weighted by Gasteiger charge is 2.17. The van der Waals surface area contributed by atoms with Gasteiger partial charge in [-0.15, -0.1) is 11.3 Å². The van der Waals surface area contributed by atoms with Gasteiger partial charge in [0.05, 0.1) is 11.7 Å². The monoisotopic (exact) mass is 250 g/mol. The predicted octanol–water partition coefficient (Wildman–Crippen LogP) is 3.45. The molecule has 2 nitrogen and oxygen atoms in total. The number of rotatable bonds is 3. The first-order valence-electron chi connectivity index (χ1n) is 5.55. The molecular weight excluding hydrogens is 235 g/mol. The van der Waals surface area contributed by atoms with Gasteiger partial charge < -0.3 is 5.73 Å². The molecule has 4 heteroatoms. The van der Waals surface area contributed by atoms with Crippen LogP contribution in [0.1, 0.15) is 42.1 Å².